The Morgan fingerprint density at radius 1 is 1.11 bits per heavy atom. The summed E-state index contributed by atoms with van der Waals surface area (Å²) in [5.74, 6) is 0.485. The third-order valence-corrected chi connectivity index (χ3v) is 6.40. The molecule has 0 aliphatic heterocycles. The highest BCUT2D eigenvalue weighted by molar-refractivity contribution is 7.92. The molecule has 0 saturated heterocycles. The fourth-order valence-electron chi connectivity index (χ4n) is 3.43. The fraction of sp³-hybridized carbons (Fsp3) is 0.375. The van der Waals surface area contributed by atoms with Gasteiger partial charge in [-0.2, -0.15) is 0 Å². The lowest BCUT2D eigenvalue weighted by atomic mass is 9.96. The molecule has 2 bridgehead atoms. The highest BCUT2D eigenvalue weighted by Crippen LogP contribution is 2.49. The average molecular weight is 274 g/mol. The molecule has 0 N–H and O–H groups in total. The normalized spacial score (nSPS) is 28.9. The van der Waals surface area contributed by atoms with Gasteiger partial charge in [0.25, 0.3) is 0 Å². The van der Waals surface area contributed by atoms with Crippen molar-refractivity contribution in [3.05, 3.63) is 53.6 Å². The minimum atomic E-state index is -3.27. The van der Waals surface area contributed by atoms with Crippen molar-refractivity contribution in [3.8, 4) is 0 Å². The summed E-state index contributed by atoms with van der Waals surface area (Å²) >= 11 is 0. The predicted octanol–water partition coefficient (Wildman–Crippen LogP) is 3.37. The van der Waals surface area contributed by atoms with Gasteiger partial charge in [0.05, 0.1) is 10.1 Å². The van der Waals surface area contributed by atoms with Gasteiger partial charge in [-0.1, -0.05) is 35.9 Å². The van der Waals surface area contributed by atoms with Crippen molar-refractivity contribution in [2.75, 3.05) is 0 Å². The number of rotatable bonds is 2. The third kappa shape index (κ3) is 1.88. The number of hydrogen-bond acceptors (Lipinski definition) is 2. The molecule has 3 heteroatoms. The molecule has 3 unspecified atom stereocenters. The Bertz CT molecular complexity index is 649. The standard InChI is InChI=1S/C16H18O2S/c1-11(2)15-12-8-9-13(10-12)16(15)19(17,18)14-6-4-3-5-7-14/h3-9,12-13,16H,10H2,1-2H3. The van der Waals surface area contributed by atoms with Crippen LogP contribution in [0, 0.1) is 11.8 Å². The Hall–Kier alpha value is -1.35. The topological polar surface area (TPSA) is 34.1 Å². The van der Waals surface area contributed by atoms with Crippen LogP contribution in [0.1, 0.15) is 20.3 Å². The summed E-state index contributed by atoms with van der Waals surface area (Å²) in [7, 11) is -3.27. The Kier molecular flexibility index (Phi) is 2.90. The average Bonchev–Trinajstić information content (AvgIpc) is 3.00. The Balaban J connectivity index is 2.12. The maximum Gasteiger partial charge on any atom is 0.185 e. The molecule has 3 rings (SSSR count). The predicted molar refractivity (Wildman–Crippen MR) is 76.5 cm³/mol. The Morgan fingerprint density at radius 2 is 1.79 bits per heavy atom. The number of benzene rings is 1. The SMILES string of the molecule is CC(C)=C1C2C=CC(C2)C1S(=O)(=O)c1ccccc1. The van der Waals surface area contributed by atoms with Crippen LogP contribution in [-0.4, -0.2) is 13.7 Å². The molecule has 3 atom stereocenters. The molecular weight excluding hydrogens is 256 g/mol. The van der Waals surface area contributed by atoms with Gasteiger partial charge in [0.15, 0.2) is 9.84 Å². The van der Waals surface area contributed by atoms with E-state index in [9.17, 15) is 8.42 Å². The van der Waals surface area contributed by atoms with Crippen molar-refractivity contribution in [1.29, 1.82) is 0 Å². The molecule has 1 saturated carbocycles. The Labute approximate surface area is 114 Å². The molecule has 1 aromatic rings. The van der Waals surface area contributed by atoms with Crippen molar-refractivity contribution >= 4 is 9.84 Å². The first-order chi connectivity index (χ1) is 9.01. The van der Waals surface area contributed by atoms with Gasteiger partial charge in [-0.25, -0.2) is 8.42 Å². The van der Waals surface area contributed by atoms with E-state index in [0.29, 0.717) is 10.8 Å². The van der Waals surface area contributed by atoms with Crippen molar-refractivity contribution in [1.82, 2.24) is 0 Å². The number of sulfone groups is 1. The zero-order chi connectivity index (χ0) is 13.6. The van der Waals surface area contributed by atoms with Crippen LogP contribution in [0.3, 0.4) is 0 Å². The van der Waals surface area contributed by atoms with Crippen LogP contribution in [0.5, 0.6) is 0 Å². The zero-order valence-corrected chi connectivity index (χ0v) is 12.0. The van der Waals surface area contributed by atoms with E-state index in [2.05, 4.69) is 12.2 Å². The van der Waals surface area contributed by atoms with Crippen molar-refractivity contribution in [2.24, 2.45) is 11.8 Å². The van der Waals surface area contributed by atoms with Gasteiger partial charge in [0.1, 0.15) is 0 Å². The van der Waals surface area contributed by atoms with E-state index in [1.165, 1.54) is 0 Å². The second kappa shape index (κ2) is 4.34. The second-order valence-electron chi connectivity index (χ2n) is 5.62. The molecular formula is C16H18O2S. The maximum atomic E-state index is 12.9. The molecule has 2 aliphatic carbocycles. The van der Waals surface area contributed by atoms with Crippen molar-refractivity contribution in [3.63, 3.8) is 0 Å². The molecule has 2 aliphatic rings. The monoisotopic (exact) mass is 274 g/mol. The van der Waals surface area contributed by atoms with E-state index in [1.807, 2.05) is 19.9 Å². The first-order valence-corrected chi connectivity index (χ1v) is 8.21. The van der Waals surface area contributed by atoms with E-state index in [4.69, 9.17) is 0 Å². The Morgan fingerprint density at radius 3 is 2.42 bits per heavy atom. The minimum Gasteiger partial charge on any atom is -0.223 e. The summed E-state index contributed by atoms with van der Waals surface area (Å²) in [6.07, 6.45) is 5.21. The zero-order valence-electron chi connectivity index (χ0n) is 11.2. The maximum absolute atomic E-state index is 12.9. The molecule has 19 heavy (non-hydrogen) atoms. The lowest BCUT2D eigenvalue weighted by Crippen LogP contribution is -2.28. The van der Waals surface area contributed by atoms with Crippen LogP contribution in [0.4, 0.5) is 0 Å². The summed E-state index contributed by atoms with van der Waals surface area (Å²) in [5, 5.41) is -0.352. The summed E-state index contributed by atoms with van der Waals surface area (Å²) < 4.78 is 25.7. The number of allylic oxidation sites excluding steroid dienone is 3. The summed E-state index contributed by atoms with van der Waals surface area (Å²) in [5.41, 5.74) is 2.28. The largest absolute Gasteiger partial charge is 0.223 e. The quantitative estimate of drug-likeness (QED) is 0.775. The third-order valence-electron chi connectivity index (χ3n) is 4.19. The van der Waals surface area contributed by atoms with Gasteiger partial charge >= 0.3 is 0 Å². The van der Waals surface area contributed by atoms with Crippen molar-refractivity contribution < 1.29 is 8.42 Å². The van der Waals surface area contributed by atoms with Crippen molar-refractivity contribution in [2.45, 2.75) is 30.4 Å². The van der Waals surface area contributed by atoms with Gasteiger partial charge in [-0.05, 0) is 49.8 Å². The molecule has 1 fully saturated rings. The van der Waals surface area contributed by atoms with E-state index < -0.39 is 9.84 Å². The molecule has 0 amide bonds. The molecule has 0 heterocycles. The van der Waals surface area contributed by atoms with E-state index >= 15 is 0 Å². The first-order valence-electron chi connectivity index (χ1n) is 6.66. The van der Waals surface area contributed by atoms with Crippen LogP contribution >= 0.6 is 0 Å². The van der Waals surface area contributed by atoms with E-state index in [1.54, 1.807) is 24.3 Å². The highest BCUT2D eigenvalue weighted by Gasteiger charge is 2.47. The summed E-state index contributed by atoms with van der Waals surface area (Å²) in [6.45, 7) is 4.05. The van der Waals surface area contributed by atoms with Gasteiger partial charge in [-0.3, -0.25) is 0 Å². The van der Waals surface area contributed by atoms with Gasteiger partial charge in [0, 0.05) is 0 Å². The van der Waals surface area contributed by atoms with Crippen LogP contribution < -0.4 is 0 Å². The van der Waals surface area contributed by atoms with Crippen LogP contribution in [0.25, 0.3) is 0 Å². The van der Waals surface area contributed by atoms with Gasteiger partial charge in [0.2, 0.25) is 0 Å². The first kappa shape index (κ1) is 12.7. The molecule has 100 valence electrons. The molecule has 0 radical (unpaired) electrons. The summed E-state index contributed by atoms with van der Waals surface area (Å²) in [6, 6.07) is 8.83. The number of hydrogen-bond donors (Lipinski definition) is 0. The second-order valence-corrected chi connectivity index (χ2v) is 7.69. The molecule has 0 aromatic heterocycles. The fourth-order valence-corrected chi connectivity index (χ4v) is 5.67. The highest BCUT2D eigenvalue weighted by atomic mass is 32.2. The summed E-state index contributed by atoms with van der Waals surface area (Å²) in [4.78, 5) is 0.444. The van der Waals surface area contributed by atoms with Crippen LogP contribution in [0.2, 0.25) is 0 Å². The van der Waals surface area contributed by atoms with Gasteiger partial charge in [-0.15, -0.1) is 0 Å². The lowest BCUT2D eigenvalue weighted by molar-refractivity contribution is 0.572. The van der Waals surface area contributed by atoms with E-state index in [0.717, 1.165) is 17.6 Å². The van der Waals surface area contributed by atoms with Gasteiger partial charge < -0.3 is 0 Å². The minimum absolute atomic E-state index is 0.153. The smallest absolute Gasteiger partial charge is 0.185 e. The molecule has 0 spiro atoms. The molecule has 2 nitrogen and oxygen atoms in total. The van der Waals surface area contributed by atoms with Crippen LogP contribution in [0.15, 0.2) is 58.5 Å². The molecule has 1 aromatic carbocycles. The lowest BCUT2D eigenvalue weighted by Gasteiger charge is -2.23. The number of fused-ring (bicyclic) bond motifs is 2. The van der Waals surface area contributed by atoms with Crippen LogP contribution in [-0.2, 0) is 9.84 Å². The van der Waals surface area contributed by atoms with E-state index in [-0.39, 0.29) is 11.2 Å².